The van der Waals surface area contributed by atoms with Crippen molar-refractivity contribution >= 4 is 23.5 Å². The van der Waals surface area contributed by atoms with Crippen LogP contribution < -0.4 is 20.6 Å². The maximum Gasteiger partial charge on any atom is 0.223 e. The number of hydrazone groups is 1. The van der Waals surface area contributed by atoms with E-state index in [2.05, 4.69) is 15.8 Å². The molecular formula is C17H19FN3OS+. The average molecular weight is 332 g/mol. The van der Waals surface area contributed by atoms with Gasteiger partial charge in [-0.25, -0.2) is 4.39 Å². The Kier molecular flexibility index (Phi) is 6.50. The molecule has 0 atom stereocenters. The summed E-state index contributed by atoms with van der Waals surface area (Å²) in [5, 5.41) is 6.39. The zero-order valence-corrected chi connectivity index (χ0v) is 13.6. The van der Waals surface area contributed by atoms with Gasteiger partial charge < -0.3 is 10.1 Å². The molecule has 0 unspecified atom stereocenters. The topological polar surface area (TPSA) is 47.3 Å². The first-order valence-electron chi connectivity index (χ1n) is 7.28. The first-order valence-corrected chi connectivity index (χ1v) is 7.68. The van der Waals surface area contributed by atoms with Gasteiger partial charge in [-0.2, -0.15) is 0 Å². The molecule has 0 spiro atoms. The molecule has 0 heterocycles. The van der Waals surface area contributed by atoms with Crippen LogP contribution in [0.15, 0.2) is 48.5 Å². The second kappa shape index (κ2) is 8.85. The van der Waals surface area contributed by atoms with E-state index in [1.165, 1.54) is 6.07 Å². The van der Waals surface area contributed by atoms with E-state index < -0.39 is 0 Å². The van der Waals surface area contributed by atoms with Crippen molar-refractivity contribution in [2.75, 3.05) is 6.54 Å². The normalized spacial score (nSPS) is 10.5. The van der Waals surface area contributed by atoms with Crippen LogP contribution in [-0.2, 0) is 6.61 Å². The third kappa shape index (κ3) is 5.67. The summed E-state index contributed by atoms with van der Waals surface area (Å²) >= 11 is 5.04. The van der Waals surface area contributed by atoms with Gasteiger partial charge in [0, 0.05) is 17.7 Å². The standard InChI is InChI=1S/C17H18FN3OS/c1-2-19-17(23)21-20-11-13-6-5-8-15(10-13)22-12-14-7-3-4-9-16(14)18/h3-11H,2,12H2,1H3,(H2,19,21,23)/p+1. The van der Waals surface area contributed by atoms with Gasteiger partial charge in [0.2, 0.25) is 5.11 Å². The highest BCUT2D eigenvalue weighted by molar-refractivity contribution is 7.80. The number of hydrogen-bond donors (Lipinski definition) is 3. The molecule has 2 aromatic rings. The van der Waals surface area contributed by atoms with Crippen molar-refractivity contribution in [3.05, 3.63) is 65.5 Å². The third-order valence-electron chi connectivity index (χ3n) is 2.97. The van der Waals surface area contributed by atoms with Crippen LogP contribution in [-0.4, -0.2) is 17.9 Å². The molecular weight excluding hydrogens is 313 g/mol. The summed E-state index contributed by atoms with van der Waals surface area (Å²) < 4.78 is 19.2. The second-order valence-corrected chi connectivity index (χ2v) is 5.13. The first kappa shape index (κ1) is 16.9. The molecule has 0 aliphatic carbocycles. The molecule has 0 aliphatic heterocycles. The summed E-state index contributed by atoms with van der Waals surface area (Å²) in [5.74, 6) is 0.399. The quantitative estimate of drug-likeness (QED) is 0.424. The Bertz CT molecular complexity index is 691. The van der Waals surface area contributed by atoms with Gasteiger partial charge in [-0.15, -0.1) is 10.5 Å². The minimum absolute atomic E-state index is 0.187. The summed E-state index contributed by atoms with van der Waals surface area (Å²) in [7, 11) is 0. The zero-order valence-electron chi connectivity index (χ0n) is 12.8. The number of benzene rings is 2. The highest BCUT2D eigenvalue weighted by atomic mass is 32.1. The molecule has 6 heteroatoms. The van der Waals surface area contributed by atoms with Gasteiger partial charge in [0.05, 0.1) is 0 Å². The van der Waals surface area contributed by atoms with Gasteiger partial charge in [0.1, 0.15) is 18.2 Å². The lowest BCUT2D eigenvalue weighted by molar-refractivity contribution is -0.500. The van der Waals surface area contributed by atoms with Gasteiger partial charge in [-0.05, 0) is 43.4 Å². The van der Waals surface area contributed by atoms with Crippen molar-refractivity contribution in [1.29, 1.82) is 0 Å². The minimum Gasteiger partial charge on any atom is -0.489 e. The number of thiocarbonyl (C=S) groups is 1. The Labute approximate surface area is 140 Å². The number of rotatable bonds is 6. The van der Waals surface area contributed by atoms with E-state index >= 15 is 0 Å². The fourth-order valence-corrected chi connectivity index (χ4v) is 2.06. The van der Waals surface area contributed by atoms with Crippen molar-refractivity contribution < 1.29 is 14.2 Å². The van der Waals surface area contributed by atoms with Crippen LogP contribution in [0.1, 0.15) is 18.1 Å². The molecule has 0 saturated carbocycles. The summed E-state index contributed by atoms with van der Waals surface area (Å²) in [5.41, 5.74) is 4.27. The lowest BCUT2D eigenvalue weighted by atomic mass is 10.2. The Hall–Kier alpha value is -2.47. The largest absolute Gasteiger partial charge is 0.489 e. The Morgan fingerprint density at radius 1 is 1.26 bits per heavy atom. The SMILES string of the molecule is CCNC(=S)N[NH+]=Cc1cccc(OCc2ccccc2F)c1. The fourth-order valence-electron chi connectivity index (χ4n) is 1.86. The molecule has 2 rings (SSSR count). The molecule has 0 bridgehead atoms. The second-order valence-electron chi connectivity index (χ2n) is 4.73. The number of ether oxygens (including phenoxy) is 1. The van der Waals surface area contributed by atoms with E-state index in [0.29, 0.717) is 16.4 Å². The molecule has 0 aromatic heterocycles. The Morgan fingerprint density at radius 2 is 2.09 bits per heavy atom. The van der Waals surface area contributed by atoms with E-state index in [1.54, 1.807) is 24.4 Å². The smallest absolute Gasteiger partial charge is 0.223 e. The van der Waals surface area contributed by atoms with Gasteiger partial charge in [0.15, 0.2) is 6.21 Å². The number of hydrogen-bond acceptors (Lipinski definition) is 2. The lowest BCUT2D eigenvalue weighted by Gasteiger charge is -2.07. The monoisotopic (exact) mass is 332 g/mol. The van der Waals surface area contributed by atoms with E-state index in [1.807, 2.05) is 31.2 Å². The van der Waals surface area contributed by atoms with Crippen LogP contribution in [0.4, 0.5) is 4.39 Å². The molecule has 2 aromatic carbocycles. The van der Waals surface area contributed by atoms with E-state index in [4.69, 9.17) is 17.0 Å². The summed E-state index contributed by atoms with van der Waals surface area (Å²) in [4.78, 5) is 0. The highest BCUT2D eigenvalue weighted by Crippen LogP contribution is 2.15. The molecule has 0 aliphatic rings. The van der Waals surface area contributed by atoms with Gasteiger partial charge in [-0.1, -0.05) is 24.3 Å². The first-order chi connectivity index (χ1) is 11.2. The molecule has 23 heavy (non-hydrogen) atoms. The zero-order chi connectivity index (χ0) is 16.5. The van der Waals surface area contributed by atoms with Gasteiger partial charge >= 0.3 is 0 Å². The summed E-state index contributed by atoms with van der Waals surface area (Å²) in [6, 6.07) is 14.0. The molecule has 4 nitrogen and oxygen atoms in total. The number of halogens is 1. The number of nitrogens with one attached hydrogen (secondary N) is 3. The Morgan fingerprint density at radius 3 is 2.87 bits per heavy atom. The highest BCUT2D eigenvalue weighted by Gasteiger charge is 2.03. The average Bonchev–Trinajstić information content (AvgIpc) is 2.55. The van der Waals surface area contributed by atoms with Crippen LogP contribution >= 0.6 is 12.2 Å². The van der Waals surface area contributed by atoms with Crippen molar-refractivity contribution in [2.45, 2.75) is 13.5 Å². The summed E-state index contributed by atoms with van der Waals surface area (Å²) in [6.45, 7) is 2.91. The van der Waals surface area contributed by atoms with Crippen LogP contribution in [0.2, 0.25) is 0 Å². The predicted octanol–water partition coefficient (Wildman–Crippen LogP) is 1.30. The minimum atomic E-state index is -0.266. The molecule has 120 valence electrons. The molecule has 3 N–H and O–H groups in total. The molecule has 0 radical (unpaired) electrons. The van der Waals surface area contributed by atoms with Crippen LogP contribution in [0.25, 0.3) is 0 Å². The van der Waals surface area contributed by atoms with Crippen molar-refractivity contribution in [2.24, 2.45) is 0 Å². The van der Waals surface area contributed by atoms with Crippen LogP contribution in [0.3, 0.4) is 0 Å². The molecule has 0 fully saturated rings. The van der Waals surface area contributed by atoms with Crippen LogP contribution in [0.5, 0.6) is 5.75 Å². The number of hydrazine groups is 1. The van der Waals surface area contributed by atoms with E-state index in [0.717, 1.165) is 12.1 Å². The van der Waals surface area contributed by atoms with E-state index in [-0.39, 0.29) is 12.4 Å². The van der Waals surface area contributed by atoms with Crippen molar-refractivity contribution in [1.82, 2.24) is 10.7 Å². The maximum atomic E-state index is 13.6. The summed E-state index contributed by atoms with van der Waals surface area (Å²) in [6.07, 6.45) is 1.76. The Balaban J connectivity index is 1.93. The van der Waals surface area contributed by atoms with E-state index in [9.17, 15) is 4.39 Å². The van der Waals surface area contributed by atoms with Crippen LogP contribution in [0, 0.1) is 5.82 Å². The van der Waals surface area contributed by atoms with Crippen molar-refractivity contribution in [3.63, 3.8) is 0 Å². The lowest BCUT2D eigenvalue weighted by Crippen LogP contribution is -2.82. The van der Waals surface area contributed by atoms with Gasteiger partial charge in [0.25, 0.3) is 0 Å². The fraction of sp³-hybridized carbons (Fsp3) is 0.176. The third-order valence-corrected chi connectivity index (χ3v) is 3.22. The molecule has 0 saturated heterocycles. The predicted molar refractivity (Wildman–Crippen MR) is 92.7 cm³/mol. The molecule has 0 amide bonds. The van der Waals surface area contributed by atoms with Crippen molar-refractivity contribution in [3.8, 4) is 5.75 Å². The maximum absolute atomic E-state index is 13.6. The van der Waals surface area contributed by atoms with Gasteiger partial charge in [-0.3, -0.25) is 0 Å².